The van der Waals surface area contributed by atoms with Crippen molar-refractivity contribution in [2.75, 3.05) is 17.6 Å². The van der Waals surface area contributed by atoms with Gasteiger partial charge in [0.05, 0.1) is 18.6 Å². The van der Waals surface area contributed by atoms with Gasteiger partial charge in [-0.1, -0.05) is 74.5 Å². The van der Waals surface area contributed by atoms with Crippen LogP contribution in [0.4, 0.5) is 5.82 Å². The highest BCUT2D eigenvalue weighted by molar-refractivity contribution is 7.89. The van der Waals surface area contributed by atoms with Crippen LogP contribution in [-0.4, -0.2) is 40.7 Å². The summed E-state index contributed by atoms with van der Waals surface area (Å²) in [5, 5.41) is 3.44. The molecule has 0 atom stereocenters. The summed E-state index contributed by atoms with van der Waals surface area (Å²) in [6.45, 7) is 4.33. The predicted molar refractivity (Wildman–Crippen MR) is 138 cm³/mol. The first kappa shape index (κ1) is 25.6. The number of rotatable bonds is 10. The minimum Gasteiger partial charge on any atom is -0.367 e. The molecule has 0 aliphatic heterocycles. The van der Waals surface area contributed by atoms with Gasteiger partial charge in [-0.3, -0.25) is 0 Å². The molecule has 0 bridgehead atoms. The van der Waals surface area contributed by atoms with Gasteiger partial charge in [-0.05, 0) is 17.0 Å². The summed E-state index contributed by atoms with van der Waals surface area (Å²) in [6.07, 6.45) is 1.56. The minimum absolute atomic E-state index is 0. The highest BCUT2D eigenvalue weighted by Crippen LogP contribution is 2.26. The van der Waals surface area contributed by atoms with Gasteiger partial charge in [0.1, 0.15) is 11.3 Å². The number of halogens is 1. The van der Waals surface area contributed by atoms with Crippen LogP contribution in [0.15, 0.2) is 67.0 Å². The second kappa shape index (κ2) is 11.4. The highest BCUT2D eigenvalue weighted by Gasteiger charge is 2.18. The molecule has 3 N–H and O–H groups in total. The molecule has 10 heteroatoms. The van der Waals surface area contributed by atoms with E-state index in [9.17, 15) is 8.42 Å². The van der Waals surface area contributed by atoms with Gasteiger partial charge < -0.3 is 10.3 Å². The number of hydrogen-bond donors (Lipinski definition) is 3. The predicted octanol–water partition coefficient (Wildman–Crippen LogP) is 4.09. The van der Waals surface area contributed by atoms with Crippen LogP contribution < -0.4 is 10.0 Å². The van der Waals surface area contributed by atoms with E-state index in [-0.39, 0.29) is 36.5 Å². The second-order valence-electron chi connectivity index (χ2n) is 8.34. The van der Waals surface area contributed by atoms with Crippen molar-refractivity contribution in [3.05, 3.63) is 83.9 Å². The van der Waals surface area contributed by atoms with Crippen molar-refractivity contribution in [2.24, 2.45) is 5.92 Å². The summed E-state index contributed by atoms with van der Waals surface area (Å²) >= 11 is 0. The number of anilines is 1. The van der Waals surface area contributed by atoms with Crippen molar-refractivity contribution in [3.63, 3.8) is 0 Å². The van der Waals surface area contributed by atoms with Gasteiger partial charge in [-0.25, -0.2) is 28.1 Å². The number of hydrogen-bond acceptors (Lipinski definition) is 6. The first-order chi connectivity index (χ1) is 15.9. The summed E-state index contributed by atoms with van der Waals surface area (Å²) in [5.74, 6) is 1.14. The van der Waals surface area contributed by atoms with E-state index < -0.39 is 10.0 Å². The van der Waals surface area contributed by atoms with Crippen molar-refractivity contribution in [1.82, 2.24) is 24.7 Å². The Balaban J connectivity index is 0.00000324. The molecule has 34 heavy (non-hydrogen) atoms. The monoisotopic (exact) mass is 500 g/mol. The number of fused-ring (bicyclic) bond motifs is 1. The molecule has 0 aliphatic rings. The molecule has 0 saturated carbocycles. The number of aromatic amines is 1. The lowest BCUT2D eigenvalue weighted by atomic mass is 9.91. The standard InChI is InChI=1S/C24H28N6O2S.ClH/c1-17(2)15-33(31,32)28-14-21-29-23(22-24(30-21)27-16-26-22)25-13-20(18-9-5-3-6-10-18)19-11-7-4-8-12-19;/h3-12,16-17,20,28H,13-15H2,1-2H3,(H2,25,26,27,29,30);1H. The summed E-state index contributed by atoms with van der Waals surface area (Å²) in [7, 11) is -3.41. The molecule has 0 amide bonds. The topological polar surface area (TPSA) is 113 Å². The molecule has 0 radical (unpaired) electrons. The van der Waals surface area contributed by atoms with Crippen LogP contribution in [0.25, 0.3) is 11.2 Å². The maximum atomic E-state index is 12.2. The molecule has 8 nitrogen and oxygen atoms in total. The zero-order valence-corrected chi connectivity index (χ0v) is 20.7. The van der Waals surface area contributed by atoms with Crippen LogP contribution in [0.5, 0.6) is 0 Å². The Hall–Kier alpha value is -3.01. The van der Waals surface area contributed by atoms with Gasteiger partial charge in [0.2, 0.25) is 10.0 Å². The van der Waals surface area contributed by atoms with E-state index in [0.717, 1.165) is 0 Å². The Morgan fingerprint density at radius 3 is 2.15 bits per heavy atom. The molecule has 0 saturated heterocycles. The Morgan fingerprint density at radius 1 is 0.941 bits per heavy atom. The molecule has 180 valence electrons. The number of benzene rings is 2. The van der Waals surface area contributed by atoms with E-state index in [1.54, 1.807) is 6.33 Å². The largest absolute Gasteiger partial charge is 0.367 e. The average Bonchev–Trinajstić information content (AvgIpc) is 3.27. The van der Waals surface area contributed by atoms with Crippen molar-refractivity contribution in [1.29, 1.82) is 0 Å². The Kier molecular flexibility index (Phi) is 8.60. The number of H-pyrrole nitrogens is 1. The third-order valence-electron chi connectivity index (χ3n) is 5.21. The van der Waals surface area contributed by atoms with E-state index in [1.807, 2.05) is 50.2 Å². The fourth-order valence-electron chi connectivity index (χ4n) is 3.76. The number of nitrogens with zero attached hydrogens (tertiary/aromatic N) is 3. The summed E-state index contributed by atoms with van der Waals surface area (Å²) in [6, 6.07) is 20.6. The van der Waals surface area contributed by atoms with E-state index in [4.69, 9.17) is 0 Å². The summed E-state index contributed by atoms with van der Waals surface area (Å²) < 4.78 is 27.1. The maximum absolute atomic E-state index is 12.2. The van der Waals surface area contributed by atoms with Crippen molar-refractivity contribution in [2.45, 2.75) is 26.3 Å². The van der Waals surface area contributed by atoms with Gasteiger partial charge in [0, 0.05) is 12.5 Å². The highest BCUT2D eigenvalue weighted by atomic mass is 35.5. The average molecular weight is 501 g/mol. The van der Waals surface area contributed by atoms with E-state index in [2.05, 4.69) is 54.2 Å². The molecule has 4 aromatic rings. The summed E-state index contributed by atoms with van der Waals surface area (Å²) in [4.78, 5) is 16.3. The smallest absolute Gasteiger partial charge is 0.212 e. The van der Waals surface area contributed by atoms with Gasteiger partial charge in [-0.15, -0.1) is 12.4 Å². The SMILES string of the molecule is CC(C)CS(=O)(=O)NCc1nc(NCC(c2ccccc2)c2ccccc2)c2[nH]cnc2n1.Cl. The van der Waals surface area contributed by atoms with Crippen LogP contribution in [0, 0.1) is 5.92 Å². The lowest BCUT2D eigenvalue weighted by Gasteiger charge is -2.19. The van der Waals surface area contributed by atoms with Crippen LogP contribution in [0.3, 0.4) is 0 Å². The molecule has 2 aromatic carbocycles. The normalized spacial score (nSPS) is 11.6. The molecule has 2 heterocycles. The number of sulfonamides is 1. The van der Waals surface area contributed by atoms with Gasteiger partial charge in [0.15, 0.2) is 11.5 Å². The second-order valence-corrected chi connectivity index (χ2v) is 10.2. The zero-order valence-electron chi connectivity index (χ0n) is 19.1. The molecule has 0 aliphatic carbocycles. The maximum Gasteiger partial charge on any atom is 0.212 e. The van der Waals surface area contributed by atoms with E-state index in [0.29, 0.717) is 29.4 Å². The lowest BCUT2D eigenvalue weighted by Crippen LogP contribution is -2.29. The molecular weight excluding hydrogens is 472 g/mol. The zero-order chi connectivity index (χ0) is 23.3. The molecule has 4 rings (SSSR count). The van der Waals surface area contributed by atoms with Crippen LogP contribution in [-0.2, 0) is 16.6 Å². The minimum atomic E-state index is -3.41. The van der Waals surface area contributed by atoms with E-state index >= 15 is 0 Å². The number of imidazole rings is 1. The Bertz CT molecular complexity index is 1260. The third kappa shape index (κ3) is 6.53. The number of nitrogens with one attached hydrogen (secondary N) is 3. The number of aromatic nitrogens is 4. The van der Waals surface area contributed by atoms with Crippen molar-refractivity contribution < 1.29 is 8.42 Å². The molecule has 0 spiro atoms. The van der Waals surface area contributed by atoms with Gasteiger partial charge >= 0.3 is 0 Å². The van der Waals surface area contributed by atoms with Crippen LogP contribution in [0.1, 0.15) is 36.7 Å². The fourth-order valence-corrected chi connectivity index (χ4v) is 5.10. The first-order valence-electron chi connectivity index (χ1n) is 10.9. The van der Waals surface area contributed by atoms with Gasteiger partial charge in [-0.2, -0.15) is 0 Å². The first-order valence-corrected chi connectivity index (χ1v) is 12.6. The quantitative estimate of drug-likeness (QED) is 0.302. The van der Waals surface area contributed by atoms with Crippen LogP contribution in [0.2, 0.25) is 0 Å². The molecule has 2 aromatic heterocycles. The molecule has 0 fully saturated rings. The third-order valence-corrected chi connectivity index (χ3v) is 6.90. The molecule has 0 unspecified atom stereocenters. The van der Waals surface area contributed by atoms with E-state index in [1.165, 1.54) is 11.1 Å². The van der Waals surface area contributed by atoms with Crippen molar-refractivity contribution >= 4 is 39.4 Å². The molecular formula is C24H29ClN6O2S. The Morgan fingerprint density at radius 2 is 1.56 bits per heavy atom. The fraction of sp³-hybridized carbons (Fsp3) is 0.292. The summed E-state index contributed by atoms with van der Waals surface area (Å²) in [5.41, 5.74) is 3.55. The van der Waals surface area contributed by atoms with Crippen LogP contribution >= 0.6 is 12.4 Å². The van der Waals surface area contributed by atoms with Crippen molar-refractivity contribution in [3.8, 4) is 0 Å². The van der Waals surface area contributed by atoms with Gasteiger partial charge in [0.25, 0.3) is 0 Å². The Labute approximate surface area is 206 Å². The lowest BCUT2D eigenvalue weighted by molar-refractivity contribution is 0.566.